The van der Waals surface area contributed by atoms with Crippen LogP contribution in [0.15, 0.2) is 23.0 Å². The molecule has 2 heterocycles. The Bertz CT molecular complexity index is 643. The van der Waals surface area contributed by atoms with Crippen molar-refractivity contribution in [2.24, 2.45) is 5.73 Å². The van der Waals surface area contributed by atoms with Gasteiger partial charge < -0.3 is 10.7 Å². The van der Waals surface area contributed by atoms with Crippen molar-refractivity contribution in [2.75, 3.05) is 13.1 Å². The number of aromatic nitrogens is 2. The van der Waals surface area contributed by atoms with Gasteiger partial charge in [0.05, 0.1) is 17.4 Å². The zero-order valence-electron chi connectivity index (χ0n) is 10.3. The van der Waals surface area contributed by atoms with Gasteiger partial charge in [0.25, 0.3) is 5.56 Å². The first kappa shape index (κ1) is 11.4. The average molecular weight is 244 g/mol. The maximum absolute atomic E-state index is 12.0. The molecule has 1 aliphatic rings. The quantitative estimate of drug-likeness (QED) is 0.800. The maximum Gasteiger partial charge on any atom is 0.258 e. The van der Waals surface area contributed by atoms with Crippen molar-refractivity contribution in [1.29, 1.82) is 0 Å². The third kappa shape index (κ3) is 1.91. The molecular formula is C13H16N4O. The van der Waals surface area contributed by atoms with Crippen LogP contribution in [0.4, 0.5) is 0 Å². The van der Waals surface area contributed by atoms with Gasteiger partial charge in [-0.25, -0.2) is 4.98 Å². The van der Waals surface area contributed by atoms with Crippen LogP contribution in [0.2, 0.25) is 0 Å². The van der Waals surface area contributed by atoms with Crippen LogP contribution < -0.4 is 11.3 Å². The average Bonchev–Trinajstić information content (AvgIpc) is 2.29. The molecule has 0 saturated carbocycles. The number of hydrogen-bond donors (Lipinski definition) is 2. The molecule has 0 unspecified atom stereocenters. The number of rotatable bonds is 2. The minimum Gasteiger partial charge on any atom is -0.325 e. The molecule has 94 valence electrons. The number of hydrogen-bond acceptors (Lipinski definition) is 4. The Balaban J connectivity index is 1.99. The second-order valence-corrected chi connectivity index (χ2v) is 4.94. The topological polar surface area (TPSA) is 75.0 Å². The highest BCUT2D eigenvalue weighted by Gasteiger charge is 2.23. The summed E-state index contributed by atoms with van der Waals surface area (Å²) in [5.74, 6) is 0.716. The Labute approximate surface area is 105 Å². The molecule has 0 radical (unpaired) electrons. The first-order valence-electron chi connectivity index (χ1n) is 6.10. The van der Waals surface area contributed by atoms with E-state index >= 15 is 0 Å². The second kappa shape index (κ2) is 4.19. The van der Waals surface area contributed by atoms with Crippen molar-refractivity contribution in [2.45, 2.75) is 19.5 Å². The Morgan fingerprint density at radius 2 is 2.28 bits per heavy atom. The van der Waals surface area contributed by atoms with Crippen LogP contribution in [0.5, 0.6) is 0 Å². The summed E-state index contributed by atoms with van der Waals surface area (Å²) < 4.78 is 0. The lowest BCUT2D eigenvalue weighted by molar-refractivity contribution is 0.138. The zero-order valence-corrected chi connectivity index (χ0v) is 10.3. The van der Waals surface area contributed by atoms with E-state index in [-0.39, 0.29) is 11.6 Å². The Hall–Kier alpha value is -1.72. The van der Waals surface area contributed by atoms with Crippen LogP contribution in [-0.4, -0.2) is 34.0 Å². The van der Waals surface area contributed by atoms with Crippen LogP contribution in [0.25, 0.3) is 10.9 Å². The molecule has 0 aliphatic carbocycles. The van der Waals surface area contributed by atoms with Gasteiger partial charge >= 0.3 is 0 Å². The van der Waals surface area contributed by atoms with E-state index in [9.17, 15) is 4.79 Å². The molecule has 3 rings (SSSR count). The van der Waals surface area contributed by atoms with Gasteiger partial charge in [-0.05, 0) is 18.6 Å². The molecule has 0 amide bonds. The Morgan fingerprint density at radius 3 is 3.00 bits per heavy atom. The third-order valence-electron chi connectivity index (χ3n) is 3.35. The summed E-state index contributed by atoms with van der Waals surface area (Å²) in [7, 11) is 0. The van der Waals surface area contributed by atoms with E-state index in [4.69, 9.17) is 5.73 Å². The molecule has 1 saturated heterocycles. The summed E-state index contributed by atoms with van der Waals surface area (Å²) in [6.07, 6.45) is 0. The number of H-pyrrole nitrogens is 1. The van der Waals surface area contributed by atoms with E-state index in [1.54, 1.807) is 6.07 Å². The molecule has 0 atom stereocenters. The van der Waals surface area contributed by atoms with Crippen molar-refractivity contribution >= 4 is 10.9 Å². The lowest BCUT2D eigenvalue weighted by Gasteiger charge is -2.36. The zero-order chi connectivity index (χ0) is 12.7. The van der Waals surface area contributed by atoms with Crippen LogP contribution in [0, 0.1) is 6.92 Å². The number of aryl methyl sites for hydroxylation is 1. The first-order valence-corrected chi connectivity index (χ1v) is 6.10. The van der Waals surface area contributed by atoms with Crippen LogP contribution >= 0.6 is 0 Å². The SMILES string of the molecule is Cc1cccc2c(=O)[nH]c(CN3CC(N)C3)nc12. The summed E-state index contributed by atoms with van der Waals surface area (Å²) in [5.41, 5.74) is 7.49. The predicted octanol–water partition coefficient (Wildman–Crippen LogP) is 0.374. The third-order valence-corrected chi connectivity index (χ3v) is 3.35. The lowest BCUT2D eigenvalue weighted by Crippen LogP contribution is -2.55. The predicted molar refractivity (Wildman–Crippen MR) is 70.4 cm³/mol. The largest absolute Gasteiger partial charge is 0.325 e. The number of benzene rings is 1. The fraction of sp³-hybridized carbons (Fsp3) is 0.385. The van der Waals surface area contributed by atoms with Gasteiger partial charge in [-0.2, -0.15) is 0 Å². The van der Waals surface area contributed by atoms with Crippen LogP contribution in [-0.2, 0) is 6.54 Å². The fourth-order valence-electron chi connectivity index (χ4n) is 2.38. The molecule has 1 aromatic carbocycles. The van der Waals surface area contributed by atoms with Crippen molar-refractivity contribution in [3.8, 4) is 0 Å². The van der Waals surface area contributed by atoms with Gasteiger partial charge in [-0.1, -0.05) is 12.1 Å². The molecule has 1 aromatic heterocycles. The highest BCUT2D eigenvalue weighted by atomic mass is 16.1. The molecule has 18 heavy (non-hydrogen) atoms. The van der Waals surface area contributed by atoms with Gasteiger partial charge in [-0.15, -0.1) is 0 Å². The number of nitrogens with two attached hydrogens (primary N) is 1. The van der Waals surface area contributed by atoms with E-state index in [0.717, 1.165) is 24.2 Å². The smallest absolute Gasteiger partial charge is 0.258 e. The van der Waals surface area contributed by atoms with Gasteiger partial charge in [0, 0.05) is 19.1 Å². The lowest BCUT2D eigenvalue weighted by atomic mass is 10.1. The minimum absolute atomic E-state index is 0.0662. The first-order chi connectivity index (χ1) is 8.63. The molecule has 5 heteroatoms. The molecule has 1 fully saturated rings. The second-order valence-electron chi connectivity index (χ2n) is 4.94. The number of fused-ring (bicyclic) bond motifs is 1. The van der Waals surface area contributed by atoms with Gasteiger partial charge in [0.15, 0.2) is 0 Å². The van der Waals surface area contributed by atoms with Crippen LogP contribution in [0.3, 0.4) is 0 Å². The summed E-state index contributed by atoms with van der Waals surface area (Å²) in [6.45, 7) is 4.37. The number of aromatic amines is 1. The molecule has 5 nitrogen and oxygen atoms in total. The number of likely N-dealkylation sites (tertiary alicyclic amines) is 1. The maximum atomic E-state index is 12.0. The number of nitrogens with one attached hydrogen (secondary N) is 1. The van der Waals surface area contributed by atoms with Crippen molar-refractivity contribution in [3.05, 3.63) is 39.9 Å². The molecule has 0 bridgehead atoms. The van der Waals surface area contributed by atoms with E-state index in [2.05, 4.69) is 14.9 Å². The molecular weight excluding hydrogens is 228 g/mol. The van der Waals surface area contributed by atoms with Gasteiger partial charge in [0.2, 0.25) is 0 Å². The van der Waals surface area contributed by atoms with Crippen molar-refractivity contribution < 1.29 is 0 Å². The summed E-state index contributed by atoms with van der Waals surface area (Å²) in [6, 6.07) is 5.91. The monoisotopic (exact) mass is 244 g/mol. The van der Waals surface area contributed by atoms with Gasteiger partial charge in [0.1, 0.15) is 5.82 Å². The molecule has 2 aromatic rings. The molecule has 0 spiro atoms. The normalized spacial score (nSPS) is 17.0. The van der Waals surface area contributed by atoms with E-state index in [1.165, 1.54) is 0 Å². The summed E-state index contributed by atoms with van der Waals surface area (Å²) >= 11 is 0. The van der Waals surface area contributed by atoms with Crippen LogP contribution in [0.1, 0.15) is 11.4 Å². The molecule has 1 aliphatic heterocycles. The molecule has 3 N–H and O–H groups in total. The van der Waals surface area contributed by atoms with Gasteiger partial charge in [-0.3, -0.25) is 9.69 Å². The number of nitrogens with zero attached hydrogens (tertiary/aromatic N) is 2. The highest BCUT2D eigenvalue weighted by molar-refractivity contribution is 5.80. The van der Waals surface area contributed by atoms with Crippen molar-refractivity contribution in [1.82, 2.24) is 14.9 Å². The Morgan fingerprint density at radius 1 is 1.50 bits per heavy atom. The summed E-state index contributed by atoms with van der Waals surface area (Å²) in [4.78, 5) is 21.5. The Kier molecular flexibility index (Phi) is 2.65. The van der Waals surface area contributed by atoms with Crippen molar-refractivity contribution in [3.63, 3.8) is 0 Å². The van der Waals surface area contributed by atoms with E-state index in [0.29, 0.717) is 17.8 Å². The fourth-order valence-corrected chi connectivity index (χ4v) is 2.38. The van der Waals surface area contributed by atoms with E-state index < -0.39 is 0 Å². The minimum atomic E-state index is -0.0662. The highest BCUT2D eigenvalue weighted by Crippen LogP contribution is 2.14. The standard InChI is InChI=1S/C13H16N4O/c1-8-3-2-4-10-12(8)15-11(16-13(10)18)7-17-5-9(14)6-17/h2-4,9H,5-7,14H2,1H3,(H,15,16,18). The summed E-state index contributed by atoms with van der Waals surface area (Å²) in [5, 5.41) is 0.652. The van der Waals surface area contributed by atoms with E-state index in [1.807, 2.05) is 19.1 Å². The number of para-hydroxylation sites is 1.